The smallest absolute Gasteiger partial charge is 0.253 e. The van der Waals surface area contributed by atoms with Crippen molar-refractivity contribution in [3.8, 4) is 5.75 Å². The van der Waals surface area contributed by atoms with Gasteiger partial charge in [0.15, 0.2) is 0 Å². The summed E-state index contributed by atoms with van der Waals surface area (Å²) in [7, 11) is 1.62. The van der Waals surface area contributed by atoms with E-state index < -0.39 is 0 Å². The van der Waals surface area contributed by atoms with Crippen molar-refractivity contribution in [3.63, 3.8) is 0 Å². The molecule has 0 N–H and O–H groups in total. The van der Waals surface area contributed by atoms with Gasteiger partial charge in [-0.05, 0) is 85.5 Å². The van der Waals surface area contributed by atoms with E-state index >= 15 is 0 Å². The van der Waals surface area contributed by atoms with Crippen molar-refractivity contribution in [2.45, 2.75) is 38.0 Å². The Balaban J connectivity index is 1.20. The number of piperidine rings is 2. The lowest BCUT2D eigenvalue weighted by molar-refractivity contribution is 0.0684. The van der Waals surface area contributed by atoms with E-state index in [9.17, 15) is 9.59 Å². The summed E-state index contributed by atoms with van der Waals surface area (Å²) < 4.78 is 5.22. The van der Waals surface area contributed by atoms with E-state index in [0.717, 1.165) is 68.6 Å². The third-order valence-electron chi connectivity index (χ3n) is 7.92. The zero-order chi connectivity index (χ0) is 25.6. The molecule has 5 nitrogen and oxygen atoms in total. The highest BCUT2D eigenvalue weighted by atomic mass is 16.5. The number of ether oxygens (including phenoxy) is 1. The molecule has 0 aromatic heterocycles. The van der Waals surface area contributed by atoms with Crippen LogP contribution in [0.5, 0.6) is 5.75 Å². The Labute approximate surface area is 220 Å². The maximum absolute atomic E-state index is 13.4. The Bertz CT molecular complexity index is 1200. The molecule has 37 heavy (non-hydrogen) atoms. The number of hydrogen-bond donors (Lipinski definition) is 0. The maximum atomic E-state index is 13.4. The summed E-state index contributed by atoms with van der Waals surface area (Å²) in [4.78, 5) is 30.4. The fourth-order valence-electron chi connectivity index (χ4n) is 5.75. The molecule has 5 heteroatoms. The Hall–Kier alpha value is -3.60. The van der Waals surface area contributed by atoms with E-state index in [1.165, 1.54) is 5.56 Å². The summed E-state index contributed by atoms with van der Waals surface area (Å²) >= 11 is 0. The van der Waals surface area contributed by atoms with Gasteiger partial charge in [0, 0.05) is 43.2 Å². The topological polar surface area (TPSA) is 49.9 Å². The van der Waals surface area contributed by atoms with Gasteiger partial charge in [0.25, 0.3) is 11.8 Å². The van der Waals surface area contributed by atoms with Gasteiger partial charge in [-0.25, -0.2) is 0 Å². The predicted molar refractivity (Wildman–Crippen MR) is 146 cm³/mol. The number of hydrogen-bond acceptors (Lipinski definition) is 3. The van der Waals surface area contributed by atoms with Crippen LogP contribution in [0.1, 0.15) is 63.4 Å². The van der Waals surface area contributed by atoms with Crippen LogP contribution in [0.3, 0.4) is 0 Å². The van der Waals surface area contributed by atoms with E-state index in [4.69, 9.17) is 4.74 Å². The first-order valence-corrected chi connectivity index (χ1v) is 13.5. The van der Waals surface area contributed by atoms with Crippen molar-refractivity contribution in [1.82, 2.24) is 9.80 Å². The first-order valence-electron chi connectivity index (χ1n) is 13.5. The summed E-state index contributed by atoms with van der Waals surface area (Å²) in [6, 6.07) is 26.0. The van der Waals surface area contributed by atoms with Crippen molar-refractivity contribution in [2.75, 3.05) is 33.3 Å². The number of rotatable bonds is 6. The van der Waals surface area contributed by atoms with Crippen LogP contribution in [-0.4, -0.2) is 54.9 Å². The van der Waals surface area contributed by atoms with E-state index in [1.807, 2.05) is 46.2 Å². The molecule has 0 bridgehead atoms. The van der Waals surface area contributed by atoms with Gasteiger partial charge in [-0.1, -0.05) is 42.5 Å². The SMILES string of the molecule is COc1ccc(C(=O)N2CCC[C@H](c3cccc(C(=O)N4CCC(Cc5ccccc5)CC4)c3)C2)cc1. The van der Waals surface area contributed by atoms with Gasteiger partial charge in [0.05, 0.1) is 7.11 Å². The van der Waals surface area contributed by atoms with Gasteiger partial charge in [-0.3, -0.25) is 9.59 Å². The fourth-order valence-corrected chi connectivity index (χ4v) is 5.75. The lowest BCUT2D eigenvalue weighted by Crippen LogP contribution is -2.39. The number of nitrogens with zero attached hydrogens (tertiary/aromatic N) is 2. The molecule has 1 atom stereocenters. The molecule has 0 aliphatic carbocycles. The van der Waals surface area contributed by atoms with Crippen LogP contribution in [0.25, 0.3) is 0 Å². The number of benzene rings is 3. The molecule has 3 aromatic rings. The molecule has 0 saturated carbocycles. The molecule has 5 rings (SSSR count). The Morgan fingerprint density at radius 2 is 1.51 bits per heavy atom. The van der Waals surface area contributed by atoms with Gasteiger partial charge >= 0.3 is 0 Å². The van der Waals surface area contributed by atoms with Crippen molar-refractivity contribution >= 4 is 11.8 Å². The largest absolute Gasteiger partial charge is 0.497 e. The summed E-state index contributed by atoms with van der Waals surface area (Å²) in [6.45, 7) is 3.06. The van der Waals surface area contributed by atoms with Crippen LogP contribution in [0.4, 0.5) is 0 Å². The van der Waals surface area contributed by atoms with Crippen molar-refractivity contribution < 1.29 is 14.3 Å². The average molecular weight is 497 g/mol. The number of likely N-dealkylation sites (tertiary alicyclic amines) is 2. The van der Waals surface area contributed by atoms with Crippen molar-refractivity contribution in [1.29, 1.82) is 0 Å². The first kappa shape index (κ1) is 25.1. The molecule has 2 aliphatic rings. The molecule has 2 saturated heterocycles. The standard InChI is InChI=1S/C32H36N2O3/c1-37-30-14-12-26(13-15-30)31(35)34-18-6-11-29(23-34)27-9-5-10-28(22-27)32(36)33-19-16-25(17-20-33)21-24-7-3-2-4-8-24/h2-5,7-10,12-15,22,25,29H,6,11,16-21,23H2,1H3/t29-/m0/s1. The van der Waals surface area contributed by atoms with Gasteiger partial charge in [0.1, 0.15) is 5.75 Å². The van der Waals surface area contributed by atoms with Crippen molar-refractivity contribution in [3.05, 3.63) is 101 Å². The highest BCUT2D eigenvalue weighted by molar-refractivity contribution is 5.95. The van der Waals surface area contributed by atoms with E-state index in [2.05, 4.69) is 42.5 Å². The minimum absolute atomic E-state index is 0.0537. The van der Waals surface area contributed by atoms with Crippen LogP contribution in [0.15, 0.2) is 78.9 Å². The Morgan fingerprint density at radius 3 is 2.24 bits per heavy atom. The second-order valence-electron chi connectivity index (χ2n) is 10.4. The molecule has 0 spiro atoms. The summed E-state index contributed by atoms with van der Waals surface area (Å²) in [5.41, 5.74) is 3.97. The first-order chi connectivity index (χ1) is 18.1. The second-order valence-corrected chi connectivity index (χ2v) is 10.4. The number of methoxy groups -OCH3 is 1. The molecular weight excluding hydrogens is 460 g/mol. The number of amides is 2. The van der Waals surface area contributed by atoms with E-state index in [0.29, 0.717) is 18.0 Å². The molecular formula is C32H36N2O3. The van der Waals surface area contributed by atoms with E-state index in [1.54, 1.807) is 7.11 Å². The number of carbonyl (C=O) groups excluding carboxylic acids is 2. The highest BCUT2D eigenvalue weighted by Gasteiger charge is 2.27. The van der Waals surface area contributed by atoms with Crippen LogP contribution in [0, 0.1) is 5.92 Å². The molecule has 2 amide bonds. The van der Waals surface area contributed by atoms with Gasteiger partial charge in [0.2, 0.25) is 0 Å². The minimum atomic E-state index is 0.0537. The third-order valence-corrected chi connectivity index (χ3v) is 7.92. The number of carbonyl (C=O) groups is 2. The monoisotopic (exact) mass is 496 g/mol. The molecule has 192 valence electrons. The molecule has 0 radical (unpaired) electrons. The minimum Gasteiger partial charge on any atom is -0.497 e. The summed E-state index contributed by atoms with van der Waals surface area (Å²) in [5, 5.41) is 0. The molecule has 2 heterocycles. The van der Waals surface area contributed by atoms with Crippen LogP contribution in [0.2, 0.25) is 0 Å². The quantitative estimate of drug-likeness (QED) is 0.433. The molecule has 0 unspecified atom stereocenters. The fraction of sp³-hybridized carbons (Fsp3) is 0.375. The Kier molecular flexibility index (Phi) is 7.88. The zero-order valence-electron chi connectivity index (χ0n) is 21.6. The van der Waals surface area contributed by atoms with Crippen LogP contribution in [-0.2, 0) is 6.42 Å². The molecule has 3 aromatic carbocycles. The molecule has 2 aliphatic heterocycles. The maximum Gasteiger partial charge on any atom is 0.253 e. The van der Waals surface area contributed by atoms with Gasteiger partial charge in [-0.2, -0.15) is 0 Å². The predicted octanol–water partition coefficient (Wildman–Crippen LogP) is 5.81. The normalized spacial score (nSPS) is 18.5. The summed E-state index contributed by atoms with van der Waals surface area (Å²) in [5.74, 6) is 1.80. The lowest BCUT2D eigenvalue weighted by Gasteiger charge is -2.34. The lowest BCUT2D eigenvalue weighted by atomic mass is 9.88. The van der Waals surface area contributed by atoms with Crippen LogP contribution >= 0.6 is 0 Å². The second kappa shape index (κ2) is 11.6. The third kappa shape index (κ3) is 6.04. The zero-order valence-corrected chi connectivity index (χ0v) is 21.6. The van der Waals surface area contributed by atoms with Crippen LogP contribution < -0.4 is 4.74 Å². The van der Waals surface area contributed by atoms with Gasteiger partial charge < -0.3 is 14.5 Å². The molecule has 2 fully saturated rings. The van der Waals surface area contributed by atoms with E-state index in [-0.39, 0.29) is 17.7 Å². The highest BCUT2D eigenvalue weighted by Crippen LogP contribution is 2.29. The Morgan fingerprint density at radius 1 is 0.784 bits per heavy atom. The van der Waals surface area contributed by atoms with Gasteiger partial charge in [-0.15, -0.1) is 0 Å². The average Bonchev–Trinajstić information content (AvgIpc) is 2.97. The van der Waals surface area contributed by atoms with Crippen molar-refractivity contribution in [2.24, 2.45) is 5.92 Å². The summed E-state index contributed by atoms with van der Waals surface area (Å²) in [6.07, 6.45) is 5.16.